The van der Waals surface area contributed by atoms with Gasteiger partial charge in [0.05, 0.1) is 11.0 Å². The molecule has 0 amide bonds. The summed E-state index contributed by atoms with van der Waals surface area (Å²) in [5.41, 5.74) is 17.3. The third-order valence-electron chi connectivity index (χ3n) is 12.8. The zero-order valence-electron chi connectivity index (χ0n) is 37.2. The van der Waals surface area contributed by atoms with E-state index >= 15 is 0 Å². The summed E-state index contributed by atoms with van der Waals surface area (Å²) in [6.07, 6.45) is 0. The molecule has 0 aliphatic carbocycles. The lowest BCUT2D eigenvalue weighted by Gasteiger charge is -2.26. The third-order valence-corrected chi connectivity index (χ3v) is 14.0. The minimum absolute atomic E-state index is 1.09. The van der Waals surface area contributed by atoms with E-state index in [1.165, 1.54) is 53.8 Å². The number of thiophene rings is 1. The van der Waals surface area contributed by atoms with Crippen LogP contribution in [-0.4, -0.2) is 4.57 Å². The SMILES string of the molecule is c1ccc(-c2ccc(-c3ccc(N(c4ccc(-c5ccc(N(c6ccccc6)c6ccccc6)cc5)cc4)c4ccc(-c5ccc6c(c5)c5ccccc5n6-c5ccccc5)cc4)cc3)s2)cc1. The predicted octanol–water partition coefficient (Wildman–Crippen LogP) is 18.5. The van der Waals surface area contributed by atoms with Gasteiger partial charge in [-0.15, -0.1) is 11.3 Å². The lowest BCUT2D eigenvalue weighted by Crippen LogP contribution is -2.10. The molecule has 0 saturated carbocycles. The van der Waals surface area contributed by atoms with Crippen molar-refractivity contribution in [3.63, 3.8) is 0 Å². The second kappa shape index (κ2) is 17.9. The Hall–Kier alpha value is -8.70. The average Bonchev–Trinajstić information content (AvgIpc) is 4.05. The monoisotopic (exact) mass is 887 g/mol. The normalized spacial score (nSPS) is 11.2. The minimum Gasteiger partial charge on any atom is -0.311 e. The molecule has 12 aromatic rings. The van der Waals surface area contributed by atoms with Crippen molar-refractivity contribution in [3.8, 4) is 48.8 Å². The van der Waals surface area contributed by atoms with Crippen LogP contribution in [0, 0.1) is 0 Å². The molecule has 12 rings (SSSR count). The van der Waals surface area contributed by atoms with E-state index in [-0.39, 0.29) is 0 Å². The van der Waals surface area contributed by atoms with Gasteiger partial charge in [-0.3, -0.25) is 0 Å². The Labute approximate surface area is 401 Å². The van der Waals surface area contributed by atoms with Gasteiger partial charge in [-0.05, 0) is 149 Å². The highest BCUT2D eigenvalue weighted by Gasteiger charge is 2.17. The van der Waals surface area contributed by atoms with Crippen molar-refractivity contribution in [2.24, 2.45) is 0 Å². The molecule has 2 aromatic heterocycles. The number of fused-ring (bicyclic) bond motifs is 3. The number of hydrogen-bond donors (Lipinski definition) is 0. The molecular weight excluding hydrogens is 843 g/mol. The Morgan fingerprint density at radius 3 is 1.10 bits per heavy atom. The van der Waals surface area contributed by atoms with Crippen LogP contribution in [0.3, 0.4) is 0 Å². The van der Waals surface area contributed by atoms with Crippen LogP contribution < -0.4 is 9.80 Å². The molecule has 10 aromatic carbocycles. The molecule has 68 heavy (non-hydrogen) atoms. The Morgan fingerprint density at radius 1 is 0.250 bits per heavy atom. The highest BCUT2D eigenvalue weighted by molar-refractivity contribution is 7.18. The molecular formula is C64H45N3S. The van der Waals surface area contributed by atoms with Gasteiger partial charge < -0.3 is 14.4 Å². The van der Waals surface area contributed by atoms with Crippen LogP contribution >= 0.6 is 11.3 Å². The number of hydrogen-bond acceptors (Lipinski definition) is 3. The zero-order valence-corrected chi connectivity index (χ0v) is 38.0. The molecule has 4 heteroatoms. The first-order valence-electron chi connectivity index (χ1n) is 23.1. The molecule has 2 heterocycles. The van der Waals surface area contributed by atoms with Gasteiger partial charge in [0, 0.05) is 60.3 Å². The van der Waals surface area contributed by atoms with E-state index in [0.29, 0.717) is 0 Å². The Bertz CT molecular complexity index is 3580. The molecule has 0 atom stereocenters. The maximum atomic E-state index is 2.37. The first-order chi connectivity index (χ1) is 33.7. The number of rotatable bonds is 11. The summed E-state index contributed by atoms with van der Waals surface area (Å²) in [4.78, 5) is 7.18. The molecule has 0 unspecified atom stereocenters. The number of anilines is 6. The van der Waals surface area contributed by atoms with E-state index < -0.39 is 0 Å². The van der Waals surface area contributed by atoms with Crippen LogP contribution in [0.25, 0.3) is 70.6 Å². The molecule has 0 spiro atoms. The van der Waals surface area contributed by atoms with Crippen molar-refractivity contribution in [3.05, 3.63) is 273 Å². The van der Waals surface area contributed by atoms with Gasteiger partial charge in [0.2, 0.25) is 0 Å². The van der Waals surface area contributed by atoms with Crippen molar-refractivity contribution in [2.75, 3.05) is 9.80 Å². The summed E-state index contributed by atoms with van der Waals surface area (Å²) in [5.74, 6) is 0. The molecule has 0 N–H and O–H groups in total. The standard InChI is InChI=1S/C64H45N3S/c1-5-15-49(16-6-1)63-43-44-64(68-63)50-31-40-58(41-32-50)66(56-36-27-47(28-37-56)46-25-34-55(35-26-46)65(52-17-7-2-8-18-52)53-19-9-3-10-20-53)57-38-29-48(30-39-57)51-33-42-62-60(45-51)59-23-13-14-24-61(59)67(62)54-21-11-4-12-22-54/h1-45H. The highest BCUT2D eigenvalue weighted by atomic mass is 32.1. The summed E-state index contributed by atoms with van der Waals surface area (Å²) >= 11 is 1.83. The predicted molar refractivity (Wildman–Crippen MR) is 290 cm³/mol. The van der Waals surface area contributed by atoms with Crippen LogP contribution in [-0.2, 0) is 0 Å². The van der Waals surface area contributed by atoms with Crippen molar-refractivity contribution in [2.45, 2.75) is 0 Å². The maximum absolute atomic E-state index is 2.37. The Morgan fingerprint density at radius 2 is 0.603 bits per heavy atom. The second-order valence-corrected chi connectivity index (χ2v) is 18.1. The lowest BCUT2D eigenvalue weighted by atomic mass is 10.0. The average molecular weight is 888 g/mol. The Kier molecular flexibility index (Phi) is 10.8. The first kappa shape index (κ1) is 40.8. The van der Waals surface area contributed by atoms with E-state index in [1.54, 1.807) is 0 Å². The summed E-state index contributed by atoms with van der Waals surface area (Å²) in [5, 5.41) is 2.49. The number of benzene rings is 10. The molecule has 0 aliphatic heterocycles. The number of aromatic nitrogens is 1. The summed E-state index contributed by atoms with van der Waals surface area (Å²) in [6.45, 7) is 0. The van der Waals surface area contributed by atoms with Crippen LogP contribution in [0.2, 0.25) is 0 Å². The largest absolute Gasteiger partial charge is 0.311 e. The van der Waals surface area contributed by atoms with Crippen LogP contribution in [0.4, 0.5) is 34.1 Å². The quantitative estimate of drug-likeness (QED) is 0.128. The fourth-order valence-electron chi connectivity index (χ4n) is 9.49. The summed E-state index contributed by atoms with van der Waals surface area (Å²) in [7, 11) is 0. The molecule has 0 fully saturated rings. The smallest absolute Gasteiger partial charge is 0.0541 e. The van der Waals surface area contributed by atoms with Crippen LogP contribution in [0.1, 0.15) is 0 Å². The van der Waals surface area contributed by atoms with Gasteiger partial charge in [-0.2, -0.15) is 0 Å². The van der Waals surface area contributed by atoms with Crippen LogP contribution in [0.5, 0.6) is 0 Å². The van der Waals surface area contributed by atoms with Crippen LogP contribution in [0.15, 0.2) is 273 Å². The minimum atomic E-state index is 1.09. The van der Waals surface area contributed by atoms with Crippen molar-refractivity contribution in [1.82, 2.24) is 4.57 Å². The molecule has 322 valence electrons. The maximum Gasteiger partial charge on any atom is 0.0541 e. The van der Waals surface area contributed by atoms with E-state index in [2.05, 4.69) is 287 Å². The fraction of sp³-hybridized carbons (Fsp3) is 0. The van der Waals surface area contributed by atoms with E-state index in [0.717, 1.165) is 50.9 Å². The third kappa shape index (κ3) is 7.83. The van der Waals surface area contributed by atoms with E-state index in [1.807, 2.05) is 11.3 Å². The van der Waals surface area contributed by atoms with Crippen molar-refractivity contribution < 1.29 is 0 Å². The molecule has 0 saturated heterocycles. The van der Waals surface area contributed by atoms with Gasteiger partial charge in [0.25, 0.3) is 0 Å². The summed E-state index contributed by atoms with van der Waals surface area (Å²) in [6, 6.07) is 98.3. The number of para-hydroxylation sites is 4. The van der Waals surface area contributed by atoms with E-state index in [9.17, 15) is 0 Å². The Balaban J connectivity index is 0.881. The lowest BCUT2D eigenvalue weighted by molar-refractivity contribution is 1.18. The number of nitrogens with zero attached hydrogens (tertiary/aromatic N) is 3. The van der Waals surface area contributed by atoms with Gasteiger partial charge in [0.1, 0.15) is 0 Å². The fourth-order valence-corrected chi connectivity index (χ4v) is 10.5. The first-order valence-corrected chi connectivity index (χ1v) is 23.9. The second-order valence-electron chi connectivity index (χ2n) is 17.0. The zero-order chi connectivity index (χ0) is 45.2. The molecule has 0 aliphatic rings. The van der Waals surface area contributed by atoms with Gasteiger partial charge >= 0.3 is 0 Å². The van der Waals surface area contributed by atoms with E-state index in [4.69, 9.17) is 0 Å². The van der Waals surface area contributed by atoms with Gasteiger partial charge in [-0.1, -0.05) is 158 Å². The van der Waals surface area contributed by atoms with Gasteiger partial charge in [-0.25, -0.2) is 0 Å². The molecule has 0 radical (unpaired) electrons. The van der Waals surface area contributed by atoms with Crippen molar-refractivity contribution >= 4 is 67.3 Å². The molecule has 3 nitrogen and oxygen atoms in total. The van der Waals surface area contributed by atoms with Gasteiger partial charge in [0.15, 0.2) is 0 Å². The highest BCUT2D eigenvalue weighted by Crippen LogP contribution is 2.42. The summed E-state index contributed by atoms with van der Waals surface area (Å²) < 4.78 is 2.37. The topological polar surface area (TPSA) is 11.4 Å². The van der Waals surface area contributed by atoms with Crippen molar-refractivity contribution in [1.29, 1.82) is 0 Å². The molecule has 0 bridgehead atoms.